The molecule has 174 valence electrons. The minimum atomic E-state index is -4.35. The molecular weight excluding hydrogens is 430 g/mol. The Balaban J connectivity index is 3.43. The molecule has 0 saturated heterocycles. The van der Waals surface area contributed by atoms with Gasteiger partial charge in [-0.15, -0.1) is 0 Å². The summed E-state index contributed by atoms with van der Waals surface area (Å²) in [7, 11) is -8.66. The van der Waals surface area contributed by atoms with E-state index in [2.05, 4.69) is 39.4 Å². The number of hydrogen-bond acceptors (Lipinski definition) is 4. The molecule has 0 rings (SSSR count). The van der Waals surface area contributed by atoms with E-state index >= 15 is 0 Å². The zero-order valence-electron chi connectivity index (χ0n) is 17.4. The first-order valence-electron chi connectivity index (χ1n) is 10.2. The third-order valence-electron chi connectivity index (χ3n) is 3.80. The van der Waals surface area contributed by atoms with Gasteiger partial charge in [-0.2, -0.15) is 0 Å². The zero-order chi connectivity index (χ0) is 22.6. The molecule has 0 aliphatic rings. The number of unbranched alkanes of at least 4 members (excludes halogenated alkanes) is 5. The van der Waals surface area contributed by atoms with Gasteiger partial charge in [0.05, 0.1) is 13.2 Å². The van der Waals surface area contributed by atoms with Crippen LogP contribution >= 0.6 is 15.6 Å². The topological polar surface area (TPSA) is 134 Å². The number of hydrogen-bond donors (Lipinski definition) is 4. The summed E-state index contributed by atoms with van der Waals surface area (Å²) in [5.74, 6) is 0. The monoisotopic (exact) mass is 466 g/mol. The van der Waals surface area contributed by atoms with Gasteiger partial charge in [-0.05, 0) is 44.9 Å². The van der Waals surface area contributed by atoms with Crippen molar-refractivity contribution in [3.63, 3.8) is 0 Å². The van der Waals surface area contributed by atoms with Crippen LogP contribution < -0.4 is 0 Å². The highest BCUT2D eigenvalue weighted by atomic mass is 31.2. The van der Waals surface area contributed by atoms with Gasteiger partial charge in [-0.3, -0.25) is 9.05 Å². The molecule has 0 saturated carbocycles. The molecule has 0 atom stereocenters. The summed E-state index contributed by atoms with van der Waals surface area (Å²) in [6.07, 6.45) is 25.4. The van der Waals surface area contributed by atoms with Crippen LogP contribution in [0.4, 0.5) is 0 Å². The van der Waals surface area contributed by atoms with E-state index in [0.717, 1.165) is 51.4 Å². The molecule has 0 spiro atoms. The van der Waals surface area contributed by atoms with Crippen LogP contribution in [0.5, 0.6) is 0 Å². The second kappa shape index (κ2) is 18.9. The van der Waals surface area contributed by atoms with Crippen molar-refractivity contribution in [2.75, 3.05) is 13.2 Å². The molecule has 0 aromatic carbocycles. The van der Waals surface area contributed by atoms with Crippen molar-refractivity contribution in [1.29, 1.82) is 0 Å². The number of phosphoric ester groups is 2. The Morgan fingerprint density at radius 2 is 0.900 bits per heavy atom. The number of phosphoric acid groups is 2. The first kappa shape index (κ1) is 29.2. The van der Waals surface area contributed by atoms with Crippen molar-refractivity contribution < 1.29 is 37.8 Å². The minimum absolute atomic E-state index is 0.0119. The lowest BCUT2D eigenvalue weighted by Crippen LogP contribution is -1.92. The normalized spacial score (nSPS) is 13.6. The molecule has 0 radical (unpaired) electrons. The first-order valence-corrected chi connectivity index (χ1v) is 13.3. The molecule has 0 aromatic rings. The summed E-state index contributed by atoms with van der Waals surface area (Å²) in [5, 5.41) is 0. The Kier molecular flexibility index (Phi) is 18.4. The second-order valence-electron chi connectivity index (χ2n) is 6.59. The van der Waals surface area contributed by atoms with Crippen molar-refractivity contribution in [2.45, 2.75) is 64.2 Å². The lowest BCUT2D eigenvalue weighted by molar-refractivity contribution is 0.193. The maximum Gasteiger partial charge on any atom is 0.469 e. The van der Waals surface area contributed by atoms with E-state index in [0.29, 0.717) is 12.8 Å². The fourth-order valence-electron chi connectivity index (χ4n) is 2.37. The van der Waals surface area contributed by atoms with Crippen molar-refractivity contribution in [3.05, 3.63) is 48.6 Å². The molecule has 0 heterocycles. The summed E-state index contributed by atoms with van der Waals surface area (Å²) in [6.45, 7) is 0.123. The van der Waals surface area contributed by atoms with Crippen LogP contribution in [0.15, 0.2) is 48.6 Å². The molecule has 0 aliphatic carbocycles. The Bertz CT molecular complexity index is 616. The van der Waals surface area contributed by atoms with Gasteiger partial charge in [-0.1, -0.05) is 67.9 Å². The molecule has 8 nitrogen and oxygen atoms in total. The van der Waals surface area contributed by atoms with Gasteiger partial charge < -0.3 is 19.6 Å². The molecular formula is C20H36O8P2. The lowest BCUT2D eigenvalue weighted by atomic mass is 10.1. The van der Waals surface area contributed by atoms with Crippen molar-refractivity contribution in [2.24, 2.45) is 0 Å². The van der Waals surface area contributed by atoms with Gasteiger partial charge in [0, 0.05) is 0 Å². The van der Waals surface area contributed by atoms with E-state index in [9.17, 15) is 9.13 Å². The van der Waals surface area contributed by atoms with E-state index in [-0.39, 0.29) is 13.2 Å². The molecule has 0 aromatic heterocycles. The van der Waals surface area contributed by atoms with Gasteiger partial charge in [0.25, 0.3) is 0 Å². The van der Waals surface area contributed by atoms with E-state index in [1.54, 1.807) is 0 Å². The van der Waals surface area contributed by atoms with Gasteiger partial charge in [-0.25, -0.2) is 9.13 Å². The summed E-state index contributed by atoms with van der Waals surface area (Å²) in [4.78, 5) is 34.1. The Morgan fingerprint density at radius 1 is 0.500 bits per heavy atom. The molecule has 30 heavy (non-hydrogen) atoms. The molecule has 0 unspecified atom stereocenters. The summed E-state index contributed by atoms with van der Waals surface area (Å²) < 4.78 is 29.7. The predicted molar refractivity (Wildman–Crippen MR) is 119 cm³/mol. The summed E-state index contributed by atoms with van der Waals surface area (Å²) >= 11 is 0. The Hall–Kier alpha value is -0.820. The quantitative estimate of drug-likeness (QED) is 0.114. The average molecular weight is 466 g/mol. The van der Waals surface area contributed by atoms with Crippen LogP contribution in [-0.4, -0.2) is 32.8 Å². The Labute approximate surface area is 179 Å². The number of allylic oxidation sites excluding steroid dienone is 7. The highest BCUT2D eigenvalue weighted by molar-refractivity contribution is 7.46. The fraction of sp³-hybridized carbons (Fsp3) is 0.600. The van der Waals surface area contributed by atoms with Crippen LogP contribution in [0, 0.1) is 0 Å². The van der Waals surface area contributed by atoms with E-state index < -0.39 is 15.6 Å². The maximum atomic E-state index is 10.5. The van der Waals surface area contributed by atoms with Crippen LogP contribution in [-0.2, 0) is 18.2 Å². The average Bonchev–Trinajstić information content (AvgIpc) is 2.64. The summed E-state index contributed by atoms with van der Waals surface area (Å²) in [5.41, 5.74) is 0. The smallest absolute Gasteiger partial charge is 0.303 e. The van der Waals surface area contributed by atoms with E-state index in [4.69, 9.17) is 19.6 Å². The lowest BCUT2D eigenvalue weighted by Gasteiger charge is -2.04. The first-order chi connectivity index (χ1) is 14.2. The highest BCUT2D eigenvalue weighted by Gasteiger charge is 2.12. The zero-order valence-corrected chi connectivity index (χ0v) is 19.2. The van der Waals surface area contributed by atoms with Gasteiger partial charge in [0.2, 0.25) is 0 Å². The predicted octanol–water partition coefficient (Wildman–Crippen LogP) is 5.33. The minimum Gasteiger partial charge on any atom is -0.303 e. The van der Waals surface area contributed by atoms with E-state index in [1.165, 1.54) is 0 Å². The van der Waals surface area contributed by atoms with Crippen LogP contribution in [0.25, 0.3) is 0 Å². The molecule has 0 aliphatic heterocycles. The molecule has 0 fully saturated rings. The van der Waals surface area contributed by atoms with Gasteiger partial charge >= 0.3 is 15.6 Å². The standard InChI is InChI=1S/C20H36O8P2/c21-29(22,23)27-19-17-15-13-11-9-7-5-3-1-2-4-6-8-10-12-14-16-18-20-28-30(24,25)26/h1,3-4,6-7,9,13,15H,2,5,8,10-12,14,16-20H2,(H2,21,22,23)(H2,24,25,26)/b3-1+,6-4+,9-7+,15-13+. The van der Waals surface area contributed by atoms with Crippen LogP contribution in [0.1, 0.15) is 64.2 Å². The molecule has 0 amide bonds. The highest BCUT2D eigenvalue weighted by Crippen LogP contribution is 2.36. The largest absolute Gasteiger partial charge is 0.469 e. The van der Waals surface area contributed by atoms with Gasteiger partial charge in [0.1, 0.15) is 0 Å². The molecule has 0 bridgehead atoms. The number of rotatable bonds is 19. The summed E-state index contributed by atoms with van der Waals surface area (Å²) in [6, 6.07) is 0. The maximum absolute atomic E-state index is 10.5. The third kappa shape index (κ3) is 27.2. The van der Waals surface area contributed by atoms with Crippen LogP contribution in [0.3, 0.4) is 0 Å². The fourth-order valence-corrected chi connectivity index (χ4v) is 3.08. The van der Waals surface area contributed by atoms with Crippen molar-refractivity contribution in [1.82, 2.24) is 0 Å². The van der Waals surface area contributed by atoms with Crippen LogP contribution in [0.2, 0.25) is 0 Å². The SMILES string of the molecule is O=P(O)(O)OCC/C=C/C/C=C/C/C=C/C/C=C/CCCCCCCOP(=O)(O)O. The second-order valence-corrected chi connectivity index (χ2v) is 9.06. The van der Waals surface area contributed by atoms with E-state index in [1.807, 2.05) is 18.2 Å². The molecule has 4 N–H and O–H groups in total. The van der Waals surface area contributed by atoms with Gasteiger partial charge in [0.15, 0.2) is 0 Å². The van der Waals surface area contributed by atoms with Crippen molar-refractivity contribution in [3.8, 4) is 0 Å². The third-order valence-corrected chi connectivity index (χ3v) is 4.84. The molecule has 10 heteroatoms. The van der Waals surface area contributed by atoms with Crippen molar-refractivity contribution >= 4 is 15.6 Å². The Morgan fingerprint density at radius 3 is 1.43 bits per heavy atom.